The number of aromatic nitrogens is 1. The lowest BCUT2D eigenvalue weighted by atomic mass is 10.1. The fraction of sp³-hybridized carbons (Fsp3) is 0.357. The van der Waals surface area contributed by atoms with Gasteiger partial charge in [-0.05, 0) is 42.5 Å². The minimum atomic E-state index is 0.0945. The largest absolute Gasteiger partial charge is 0.497 e. The van der Waals surface area contributed by atoms with Crippen LogP contribution < -0.4 is 9.64 Å². The Morgan fingerprint density at radius 2 is 2.00 bits per heavy atom. The monoisotopic (exact) mass is 244 g/mol. The van der Waals surface area contributed by atoms with Crippen molar-refractivity contribution in [2.75, 3.05) is 25.1 Å². The lowest BCUT2D eigenvalue weighted by Crippen LogP contribution is -2.18. The van der Waals surface area contributed by atoms with Crippen molar-refractivity contribution in [3.05, 3.63) is 24.3 Å². The van der Waals surface area contributed by atoms with Gasteiger partial charge in [0.15, 0.2) is 0 Å². The van der Waals surface area contributed by atoms with Crippen LogP contribution in [0.4, 0.5) is 5.82 Å². The Hall–Kier alpha value is -1.97. The maximum atomic E-state index is 10.00. The van der Waals surface area contributed by atoms with Crippen LogP contribution in [-0.4, -0.2) is 30.3 Å². The minimum Gasteiger partial charge on any atom is -0.497 e. The summed E-state index contributed by atoms with van der Waals surface area (Å²) in [6.07, 6.45) is 2.39. The van der Waals surface area contributed by atoms with Crippen LogP contribution in [-0.2, 0) is 0 Å². The summed E-state index contributed by atoms with van der Waals surface area (Å²) in [5.41, 5.74) is 0. The molecule has 0 unspecified atom stereocenters. The number of benzene rings is 1. The second kappa shape index (κ2) is 4.37. The lowest BCUT2D eigenvalue weighted by Gasteiger charge is -2.17. The first-order chi connectivity index (χ1) is 8.78. The molecule has 3 rings (SSSR count). The van der Waals surface area contributed by atoms with Crippen LogP contribution in [0.3, 0.4) is 0 Å². The Kier molecular flexibility index (Phi) is 2.70. The highest BCUT2D eigenvalue weighted by Gasteiger charge is 2.15. The molecular formula is C14H16N2O2. The molecule has 0 amide bonds. The fourth-order valence-corrected chi connectivity index (χ4v) is 2.44. The summed E-state index contributed by atoms with van der Waals surface area (Å²) in [7, 11) is 1.64. The fourth-order valence-electron chi connectivity index (χ4n) is 2.44. The molecule has 1 aromatic carbocycles. The third-order valence-electron chi connectivity index (χ3n) is 3.43. The van der Waals surface area contributed by atoms with E-state index in [0.29, 0.717) is 0 Å². The number of rotatable bonds is 2. The average Bonchev–Trinajstić information content (AvgIpc) is 2.91. The normalized spacial score (nSPS) is 15.3. The second-order valence-electron chi connectivity index (χ2n) is 4.59. The zero-order valence-corrected chi connectivity index (χ0v) is 10.4. The first-order valence-electron chi connectivity index (χ1n) is 6.20. The predicted octanol–water partition coefficient (Wildman–Crippen LogP) is 2.55. The van der Waals surface area contributed by atoms with E-state index in [0.717, 1.165) is 35.4 Å². The summed E-state index contributed by atoms with van der Waals surface area (Å²) in [6, 6.07) is 7.61. The minimum absolute atomic E-state index is 0.0945. The highest BCUT2D eigenvalue weighted by Crippen LogP contribution is 2.31. The lowest BCUT2D eigenvalue weighted by molar-refractivity contribution is 0.415. The van der Waals surface area contributed by atoms with E-state index < -0.39 is 0 Å². The number of hydrogen-bond acceptors (Lipinski definition) is 4. The Morgan fingerprint density at radius 3 is 2.72 bits per heavy atom. The van der Waals surface area contributed by atoms with E-state index in [2.05, 4.69) is 9.88 Å². The summed E-state index contributed by atoms with van der Waals surface area (Å²) in [4.78, 5) is 6.49. The van der Waals surface area contributed by atoms with Gasteiger partial charge in [0.25, 0.3) is 0 Å². The van der Waals surface area contributed by atoms with Crippen LogP contribution in [0.5, 0.6) is 11.6 Å². The maximum absolute atomic E-state index is 10.00. The Morgan fingerprint density at radius 1 is 1.22 bits per heavy atom. The van der Waals surface area contributed by atoms with Gasteiger partial charge in [-0.15, -0.1) is 0 Å². The second-order valence-corrected chi connectivity index (χ2v) is 4.59. The van der Waals surface area contributed by atoms with Crippen molar-refractivity contribution < 1.29 is 9.84 Å². The van der Waals surface area contributed by atoms with E-state index in [-0.39, 0.29) is 5.88 Å². The molecule has 4 heteroatoms. The van der Waals surface area contributed by atoms with Gasteiger partial charge in [0.1, 0.15) is 11.6 Å². The molecule has 1 aliphatic heterocycles. The van der Waals surface area contributed by atoms with Crippen LogP contribution in [0.1, 0.15) is 12.8 Å². The molecule has 0 radical (unpaired) electrons. The summed E-state index contributed by atoms with van der Waals surface area (Å²) in [6.45, 7) is 2.03. The van der Waals surface area contributed by atoms with Crippen LogP contribution in [0.2, 0.25) is 0 Å². The van der Waals surface area contributed by atoms with Gasteiger partial charge in [-0.3, -0.25) is 0 Å². The van der Waals surface area contributed by atoms with E-state index in [1.54, 1.807) is 7.11 Å². The van der Waals surface area contributed by atoms with E-state index in [1.807, 2.05) is 24.3 Å². The van der Waals surface area contributed by atoms with Gasteiger partial charge < -0.3 is 14.7 Å². The zero-order chi connectivity index (χ0) is 12.5. The number of ether oxygens (including phenoxy) is 1. The quantitative estimate of drug-likeness (QED) is 0.881. The number of anilines is 1. The molecule has 1 aromatic heterocycles. The molecule has 0 bridgehead atoms. The highest BCUT2D eigenvalue weighted by atomic mass is 16.5. The molecule has 18 heavy (non-hydrogen) atoms. The van der Waals surface area contributed by atoms with Crippen molar-refractivity contribution >= 4 is 16.6 Å². The van der Waals surface area contributed by atoms with Gasteiger partial charge in [0.05, 0.1) is 7.11 Å². The van der Waals surface area contributed by atoms with Crippen molar-refractivity contribution in [3.63, 3.8) is 0 Å². The Balaban J connectivity index is 2.11. The summed E-state index contributed by atoms with van der Waals surface area (Å²) in [5.74, 6) is 1.74. The van der Waals surface area contributed by atoms with Gasteiger partial charge in [-0.25, -0.2) is 0 Å². The SMILES string of the molecule is COc1ccc2c(O)nc(N3CCCC3)cc2c1. The topological polar surface area (TPSA) is 45.6 Å². The summed E-state index contributed by atoms with van der Waals surface area (Å²) < 4.78 is 5.21. The molecule has 1 N–H and O–H groups in total. The number of hydrogen-bond donors (Lipinski definition) is 1. The molecule has 1 saturated heterocycles. The van der Waals surface area contributed by atoms with Gasteiger partial charge in [-0.1, -0.05) is 0 Å². The van der Waals surface area contributed by atoms with Gasteiger partial charge >= 0.3 is 0 Å². The molecule has 0 aliphatic carbocycles. The Labute approximate surface area is 106 Å². The van der Waals surface area contributed by atoms with Crippen LogP contribution in [0.25, 0.3) is 10.8 Å². The van der Waals surface area contributed by atoms with E-state index in [9.17, 15) is 5.11 Å². The summed E-state index contributed by atoms with van der Waals surface area (Å²) in [5, 5.41) is 11.7. The molecule has 0 spiro atoms. The average molecular weight is 244 g/mol. The molecular weight excluding hydrogens is 228 g/mol. The van der Waals surface area contributed by atoms with E-state index in [1.165, 1.54) is 12.8 Å². The van der Waals surface area contributed by atoms with Gasteiger partial charge in [0.2, 0.25) is 5.88 Å². The van der Waals surface area contributed by atoms with Crippen molar-refractivity contribution in [1.29, 1.82) is 0 Å². The van der Waals surface area contributed by atoms with Gasteiger partial charge in [0, 0.05) is 18.5 Å². The third kappa shape index (κ3) is 1.83. The molecule has 1 fully saturated rings. The molecule has 1 aliphatic rings. The number of nitrogens with zero attached hydrogens (tertiary/aromatic N) is 2. The molecule has 94 valence electrons. The molecule has 0 saturated carbocycles. The van der Waals surface area contributed by atoms with Crippen molar-refractivity contribution in [1.82, 2.24) is 4.98 Å². The maximum Gasteiger partial charge on any atom is 0.220 e. The number of pyridine rings is 1. The number of fused-ring (bicyclic) bond motifs is 1. The smallest absolute Gasteiger partial charge is 0.220 e. The Bertz CT molecular complexity index is 577. The zero-order valence-electron chi connectivity index (χ0n) is 10.4. The molecule has 2 aromatic rings. The highest BCUT2D eigenvalue weighted by molar-refractivity contribution is 5.90. The van der Waals surface area contributed by atoms with Crippen molar-refractivity contribution in [2.45, 2.75) is 12.8 Å². The first kappa shape index (κ1) is 11.1. The van der Waals surface area contributed by atoms with Crippen LogP contribution in [0.15, 0.2) is 24.3 Å². The molecule has 0 atom stereocenters. The van der Waals surface area contributed by atoms with Crippen LogP contribution in [0, 0.1) is 0 Å². The third-order valence-corrected chi connectivity index (χ3v) is 3.43. The number of aromatic hydroxyl groups is 1. The number of methoxy groups -OCH3 is 1. The van der Waals surface area contributed by atoms with Crippen molar-refractivity contribution in [3.8, 4) is 11.6 Å². The molecule has 2 heterocycles. The van der Waals surface area contributed by atoms with Gasteiger partial charge in [-0.2, -0.15) is 4.98 Å². The van der Waals surface area contributed by atoms with Crippen molar-refractivity contribution in [2.24, 2.45) is 0 Å². The predicted molar refractivity (Wildman–Crippen MR) is 71.4 cm³/mol. The first-order valence-corrected chi connectivity index (χ1v) is 6.20. The summed E-state index contributed by atoms with van der Waals surface area (Å²) >= 11 is 0. The van der Waals surface area contributed by atoms with Crippen LogP contribution >= 0.6 is 0 Å². The van der Waals surface area contributed by atoms with E-state index in [4.69, 9.17) is 4.74 Å². The van der Waals surface area contributed by atoms with E-state index >= 15 is 0 Å². The molecule has 4 nitrogen and oxygen atoms in total. The standard InChI is InChI=1S/C14H16N2O2/c1-18-11-4-5-12-10(8-11)9-13(15-14(12)17)16-6-2-3-7-16/h4-5,8-9H,2-3,6-7H2,1H3,(H,15,17).